The van der Waals surface area contributed by atoms with Gasteiger partial charge in [-0.1, -0.05) is 13.0 Å². The minimum atomic E-state index is 0.444. The lowest BCUT2D eigenvalue weighted by Crippen LogP contribution is -2.04. The number of aromatic nitrogens is 1. The molecular weight excluding hydrogens is 252 g/mol. The Balaban J connectivity index is 2.07. The van der Waals surface area contributed by atoms with Gasteiger partial charge in [-0.3, -0.25) is 4.98 Å². The van der Waals surface area contributed by atoms with Gasteiger partial charge in [-0.15, -0.1) is 0 Å². The fourth-order valence-corrected chi connectivity index (χ4v) is 1.79. The molecule has 2 aromatic rings. The van der Waals surface area contributed by atoms with E-state index in [-0.39, 0.29) is 0 Å². The van der Waals surface area contributed by atoms with Gasteiger partial charge in [0.25, 0.3) is 0 Å². The first-order chi connectivity index (χ1) is 9.83. The largest absolute Gasteiger partial charge is 0.493 e. The number of benzene rings is 1. The average Bonchev–Trinajstić information content (AvgIpc) is 2.52. The van der Waals surface area contributed by atoms with Gasteiger partial charge in [0.2, 0.25) is 0 Å². The number of hydrogen-bond donors (Lipinski definition) is 1. The molecular formula is C16H20N2O2. The maximum Gasteiger partial charge on any atom is 0.127 e. The molecule has 0 unspecified atom stereocenters. The van der Waals surface area contributed by atoms with Gasteiger partial charge >= 0.3 is 0 Å². The summed E-state index contributed by atoms with van der Waals surface area (Å²) in [5, 5.41) is 0. The number of pyridine rings is 1. The summed E-state index contributed by atoms with van der Waals surface area (Å²) in [4.78, 5) is 3.99. The van der Waals surface area contributed by atoms with E-state index in [1.54, 1.807) is 12.4 Å². The first-order valence-corrected chi connectivity index (χ1v) is 6.81. The lowest BCUT2D eigenvalue weighted by Gasteiger charge is -2.13. The van der Waals surface area contributed by atoms with Gasteiger partial charge in [-0.05, 0) is 30.2 Å². The molecule has 1 aromatic carbocycles. The van der Waals surface area contributed by atoms with Crippen molar-refractivity contribution in [1.29, 1.82) is 0 Å². The Hall–Kier alpha value is -2.07. The zero-order valence-electron chi connectivity index (χ0n) is 11.7. The first kappa shape index (κ1) is 14.3. The summed E-state index contributed by atoms with van der Waals surface area (Å²) in [6.45, 7) is 3.72. The number of hydrogen-bond acceptors (Lipinski definition) is 4. The molecule has 106 valence electrons. The predicted octanol–water partition coefficient (Wildman–Crippen LogP) is 2.91. The van der Waals surface area contributed by atoms with E-state index >= 15 is 0 Å². The van der Waals surface area contributed by atoms with Crippen molar-refractivity contribution in [2.24, 2.45) is 5.73 Å². The maximum absolute atomic E-state index is 5.85. The van der Waals surface area contributed by atoms with E-state index in [0.717, 1.165) is 29.0 Å². The lowest BCUT2D eigenvalue weighted by atomic mass is 10.2. The van der Waals surface area contributed by atoms with Crippen molar-refractivity contribution < 1.29 is 9.47 Å². The molecule has 0 aliphatic carbocycles. The maximum atomic E-state index is 5.85. The molecule has 0 saturated carbocycles. The first-order valence-electron chi connectivity index (χ1n) is 6.81. The number of ether oxygens (including phenoxy) is 2. The minimum absolute atomic E-state index is 0.444. The summed E-state index contributed by atoms with van der Waals surface area (Å²) in [6.07, 6.45) is 4.48. The van der Waals surface area contributed by atoms with Gasteiger partial charge in [-0.25, -0.2) is 0 Å². The fourth-order valence-electron chi connectivity index (χ4n) is 1.79. The lowest BCUT2D eigenvalue weighted by molar-refractivity contribution is 0.292. The molecule has 0 fully saturated rings. The van der Waals surface area contributed by atoms with Crippen molar-refractivity contribution in [2.45, 2.75) is 26.5 Å². The highest BCUT2D eigenvalue weighted by Crippen LogP contribution is 2.25. The van der Waals surface area contributed by atoms with Gasteiger partial charge in [0.15, 0.2) is 0 Å². The second-order valence-electron chi connectivity index (χ2n) is 4.47. The van der Waals surface area contributed by atoms with E-state index in [1.165, 1.54) is 0 Å². The van der Waals surface area contributed by atoms with Crippen LogP contribution in [-0.4, -0.2) is 11.6 Å². The van der Waals surface area contributed by atoms with Crippen LogP contribution in [0.4, 0.5) is 0 Å². The summed E-state index contributed by atoms with van der Waals surface area (Å²) >= 11 is 0. The van der Waals surface area contributed by atoms with E-state index in [4.69, 9.17) is 15.2 Å². The van der Waals surface area contributed by atoms with Gasteiger partial charge in [-0.2, -0.15) is 0 Å². The highest BCUT2D eigenvalue weighted by molar-refractivity contribution is 5.40. The van der Waals surface area contributed by atoms with Crippen LogP contribution in [0, 0.1) is 0 Å². The summed E-state index contributed by atoms with van der Waals surface area (Å²) in [5.74, 6) is 1.59. The molecule has 0 spiro atoms. The summed E-state index contributed by atoms with van der Waals surface area (Å²) < 4.78 is 11.5. The normalized spacial score (nSPS) is 10.3. The molecule has 4 heteroatoms. The van der Waals surface area contributed by atoms with Crippen LogP contribution in [0.1, 0.15) is 24.5 Å². The molecule has 20 heavy (non-hydrogen) atoms. The molecule has 2 rings (SSSR count). The van der Waals surface area contributed by atoms with Crippen LogP contribution >= 0.6 is 0 Å². The molecule has 0 aliphatic rings. The van der Waals surface area contributed by atoms with Gasteiger partial charge in [0.05, 0.1) is 6.61 Å². The molecule has 0 bridgehead atoms. The quantitative estimate of drug-likeness (QED) is 0.842. The van der Waals surface area contributed by atoms with E-state index < -0.39 is 0 Å². The van der Waals surface area contributed by atoms with Gasteiger partial charge in [0.1, 0.15) is 18.1 Å². The van der Waals surface area contributed by atoms with Crippen molar-refractivity contribution >= 4 is 0 Å². The fraction of sp³-hybridized carbons (Fsp3) is 0.312. The smallest absolute Gasteiger partial charge is 0.127 e. The molecule has 0 radical (unpaired) electrons. The zero-order valence-corrected chi connectivity index (χ0v) is 11.7. The van der Waals surface area contributed by atoms with E-state index in [0.29, 0.717) is 19.8 Å². The van der Waals surface area contributed by atoms with Crippen LogP contribution in [0.15, 0.2) is 42.7 Å². The Morgan fingerprint density at radius 3 is 2.60 bits per heavy atom. The molecule has 0 aliphatic heterocycles. The molecule has 1 heterocycles. The van der Waals surface area contributed by atoms with Crippen molar-refractivity contribution in [3.8, 4) is 11.5 Å². The third kappa shape index (κ3) is 3.96. The molecule has 4 nitrogen and oxygen atoms in total. The Bertz CT molecular complexity index is 529. The predicted molar refractivity (Wildman–Crippen MR) is 78.7 cm³/mol. The van der Waals surface area contributed by atoms with Crippen molar-refractivity contribution in [1.82, 2.24) is 4.98 Å². The minimum Gasteiger partial charge on any atom is -0.493 e. The highest BCUT2D eigenvalue weighted by atomic mass is 16.5. The second kappa shape index (κ2) is 7.50. The molecule has 2 N–H and O–H groups in total. The Kier molecular flexibility index (Phi) is 5.38. The van der Waals surface area contributed by atoms with Gasteiger partial charge < -0.3 is 15.2 Å². The molecule has 0 amide bonds. The van der Waals surface area contributed by atoms with Gasteiger partial charge in [0, 0.05) is 30.6 Å². The summed E-state index contributed by atoms with van der Waals surface area (Å²) in [6, 6.07) is 9.64. The second-order valence-corrected chi connectivity index (χ2v) is 4.47. The van der Waals surface area contributed by atoms with Crippen LogP contribution in [0.5, 0.6) is 11.5 Å². The highest BCUT2D eigenvalue weighted by Gasteiger charge is 2.05. The van der Waals surface area contributed by atoms with Crippen LogP contribution in [-0.2, 0) is 13.2 Å². The Labute approximate surface area is 119 Å². The number of nitrogens with zero attached hydrogens (tertiary/aromatic N) is 1. The number of nitrogens with two attached hydrogens (primary N) is 1. The van der Waals surface area contributed by atoms with Crippen LogP contribution < -0.4 is 15.2 Å². The SMILES string of the molecule is CCCOc1ccc(CN)c(OCc2ccncc2)c1. The summed E-state index contributed by atoms with van der Waals surface area (Å²) in [5.41, 5.74) is 7.79. The van der Waals surface area contributed by atoms with E-state index in [1.807, 2.05) is 30.3 Å². The van der Waals surface area contributed by atoms with Crippen molar-refractivity contribution in [2.75, 3.05) is 6.61 Å². The third-order valence-electron chi connectivity index (χ3n) is 2.88. The Morgan fingerprint density at radius 2 is 1.90 bits per heavy atom. The van der Waals surface area contributed by atoms with E-state index in [9.17, 15) is 0 Å². The van der Waals surface area contributed by atoms with Crippen LogP contribution in [0.3, 0.4) is 0 Å². The topological polar surface area (TPSA) is 57.4 Å². The van der Waals surface area contributed by atoms with Crippen LogP contribution in [0.25, 0.3) is 0 Å². The Morgan fingerprint density at radius 1 is 1.10 bits per heavy atom. The van der Waals surface area contributed by atoms with E-state index in [2.05, 4.69) is 11.9 Å². The van der Waals surface area contributed by atoms with Crippen molar-refractivity contribution in [3.63, 3.8) is 0 Å². The van der Waals surface area contributed by atoms with Crippen molar-refractivity contribution in [3.05, 3.63) is 53.9 Å². The van der Waals surface area contributed by atoms with Crippen LogP contribution in [0.2, 0.25) is 0 Å². The standard InChI is InChI=1S/C16H20N2O2/c1-2-9-19-15-4-3-14(11-17)16(10-15)20-12-13-5-7-18-8-6-13/h3-8,10H,2,9,11-12,17H2,1H3. The zero-order chi connectivity index (χ0) is 14.2. The molecule has 0 atom stereocenters. The monoisotopic (exact) mass is 272 g/mol. The average molecular weight is 272 g/mol. The molecule has 0 saturated heterocycles. The number of rotatable bonds is 7. The molecule has 1 aromatic heterocycles. The third-order valence-corrected chi connectivity index (χ3v) is 2.88. The summed E-state index contributed by atoms with van der Waals surface area (Å²) in [7, 11) is 0.